The van der Waals surface area contributed by atoms with E-state index in [0.717, 1.165) is 24.8 Å². The van der Waals surface area contributed by atoms with Gasteiger partial charge in [0, 0.05) is 31.5 Å². The Balaban J connectivity index is 2.08. The SMILES string of the molecule is CC(C)(C)CC(CN)C(=O)N(Cc1cccnc1)C1CC1. The van der Waals surface area contributed by atoms with E-state index in [9.17, 15) is 4.79 Å². The first-order valence-electron chi connectivity index (χ1n) is 7.80. The summed E-state index contributed by atoms with van der Waals surface area (Å²) in [5.74, 6) is 0.126. The first kappa shape index (κ1) is 16.0. The van der Waals surface area contributed by atoms with Gasteiger partial charge in [0.1, 0.15) is 0 Å². The first-order valence-corrected chi connectivity index (χ1v) is 7.80. The van der Waals surface area contributed by atoms with Crippen LogP contribution in [0.2, 0.25) is 0 Å². The molecule has 0 aromatic carbocycles. The van der Waals surface area contributed by atoms with Crippen molar-refractivity contribution >= 4 is 5.91 Å². The monoisotopic (exact) mass is 289 g/mol. The van der Waals surface area contributed by atoms with E-state index in [0.29, 0.717) is 19.1 Å². The molecule has 0 radical (unpaired) electrons. The molecule has 4 heteroatoms. The summed E-state index contributed by atoms with van der Waals surface area (Å²) in [7, 11) is 0. The molecule has 2 N–H and O–H groups in total. The summed E-state index contributed by atoms with van der Waals surface area (Å²) in [4.78, 5) is 19.0. The molecule has 1 heterocycles. The molecule has 1 fully saturated rings. The molecule has 2 rings (SSSR count). The zero-order valence-corrected chi connectivity index (χ0v) is 13.4. The average Bonchev–Trinajstić information content (AvgIpc) is 3.26. The summed E-state index contributed by atoms with van der Waals surface area (Å²) >= 11 is 0. The van der Waals surface area contributed by atoms with E-state index in [1.807, 2.05) is 23.2 Å². The molecule has 1 saturated carbocycles. The molecular weight excluding hydrogens is 262 g/mol. The van der Waals surface area contributed by atoms with E-state index >= 15 is 0 Å². The molecule has 0 saturated heterocycles. The number of carbonyl (C=O) groups excluding carboxylic acids is 1. The standard InChI is InChI=1S/C17H27N3O/c1-17(2,3)9-14(10-18)16(21)20(15-6-7-15)12-13-5-4-8-19-11-13/h4-5,8,11,14-15H,6-7,9-10,12,18H2,1-3H3. The molecule has 1 aromatic rings. The second kappa shape index (κ2) is 6.56. The Labute approximate surface area is 127 Å². The van der Waals surface area contributed by atoms with Gasteiger partial charge in [0.15, 0.2) is 0 Å². The Morgan fingerprint density at radius 2 is 2.19 bits per heavy atom. The topological polar surface area (TPSA) is 59.2 Å². The van der Waals surface area contributed by atoms with Gasteiger partial charge in [0.25, 0.3) is 0 Å². The Bertz CT molecular complexity index is 463. The third-order valence-electron chi connectivity index (χ3n) is 3.84. The van der Waals surface area contributed by atoms with Crippen molar-refractivity contribution in [3.8, 4) is 0 Å². The number of rotatable bonds is 6. The lowest BCUT2D eigenvalue weighted by molar-refractivity contribution is -0.137. The van der Waals surface area contributed by atoms with Gasteiger partial charge in [-0.1, -0.05) is 26.8 Å². The van der Waals surface area contributed by atoms with Gasteiger partial charge in [0.05, 0.1) is 5.92 Å². The first-order chi connectivity index (χ1) is 9.90. The number of hydrogen-bond donors (Lipinski definition) is 1. The molecular formula is C17H27N3O. The maximum absolute atomic E-state index is 12.9. The van der Waals surface area contributed by atoms with Gasteiger partial charge in [-0.2, -0.15) is 0 Å². The van der Waals surface area contributed by atoms with Gasteiger partial charge in [-0.25, -0.2) is 0 Å². The number of amides is 1. The fourth-order valence-electron chi connectivity index (χ4n) is 2.71. The summed E-state index contributed by atoms with van der Waals surface area (Å²) in [6, 6.07) is 4.34. The van der Waals surface area contributed by atoms with Crippen molar-refractivity contribution in [3.63, 3.8) is 0 Å². The van der Waals surface area contributed by atoms with Crippen molar-refractivity contribution in [1.29, 1.82) is 0 Å². The van der Waals surface area contributed by atoms with Crippen LogP contribution in [0, 0.1) is 11.3 Å². The van der Waals surface area contributed by atoms with Crippen molar-refractivity contribution in [2.45, 2.75) is 52.6 Å². The number of carbonyl (C=O) groups is 1. The number of aromatic nitrogens is 1. The van der Waals surface area contributed by atoms with E-state index in [2.05, 4.69) is 25.8 Å². The summed E-state index contributed by atoms with van der Waals surface area (Å²) in [6.45, 7) is 7.55. The lowest BCUT2D eigenvalue weighted by Gasteiger charge is -2.30. The number of hydrogen-bond acceptors (Lipinski definition) is 3. The molecule has 1 amide bonds. The second-order valence-corrected chi connectivity index (χ2v) is 7.26. The molecule has 116 valence electrons. The van der Waals surface area contributed by atoms with Crippen LogP contribution in [0.1, 0.15) is 45.6 Å². The summed E-state index contributed by atoms with van der Waals surface area (Å²) in [5.41, 5.74) is 7.07. The summed E-state index contributed by atoms with van der Waals surface area (Å²) in [5, 5.41) is 0. The fourth-order valence-corrected chi connectivity index (χ4v) is 2.71. The number of pyridine rings is 1. The lowest BCUT2D eigenvalue weighted by Crippen LogP contribution is -2.41. The zero-order valence-electron chi connectivity index (χ0n) is 13.4. The van der Waals surface area contributed by atoms with Gasteiger partial charge in [0.2, 0.25) is 5.91 Å². The van der Waals surface area contributed by atoms with E-state index < -0.39 is 0 Å². The van der Waals surface area contributed by atoms with Crippen molar-refractivity contribution in [3.05, 3.63) is 30.1 Å². The third kappa shape index (κ3) is 4.81. The molecule has 4 nitrogen and oxygen atoms in total. The van der Waals surface area contributed by atoms with Gasteiger partial charge in [-0.15, -0.1) is 0 Å². The molecule has 1 aliphatic carbocycles. The molecule has 0 aliphatic heterocycles. The Kier molecular flexibility index (Phi) is 4.99. The highest BCUT2D eigenvalue weighted by Gasteiger charge is 2.36. The summed E-state index contributed by atoms with van der Waals surface area (Å²) in [6.07, 6.45) is 6.65. The smallest absolute Gasteiger partial charge is 0.227 e. The van der Waals surface area contributed by atoms with Crippen LogP contribution in [0.3, 0.4) is 0 Å². The van der Waals surface area contributed by atoms with E-state index in [-0.39, 0.29) is 17.2 Å². The molecule has 21 heavy (non-hydrogen) atoms. The molecule has 1 atom stereocenters. The normalized spacial score (nSPS) is 16.6. The van der Waals surface area contributed by atoms with Crippen LogP contribution in [0.15, 0.2) is 24.5 Å². The Hall–Kier alpha value is -1.42. The van der Waals surface area contributed by atoms with E-state index in [1.54, 1.807) is 6.20 Å². The molecule has 0 bridgehead atoms. The lowest BCUT2D eigenvalue weighted by atomic mass is 9.84. The predicted molar refractivity (Wildman–Crippen MR) is 84.4 cm³/mol. The minimum absolute atomic E-state index is 0.0812. The second-order valence-electron chi connectivity index (χ2n) is 7.26. The highest BCUT2D eigenvalue weighted by atomic mass is 16.2. The number of nitrogens with two attached hydrogens (primary N) is 1. The maximum Gasteiger partial charge on any atom is 0.227 e. The summed E-state index contributed by atoms with van der Waals surface area (Å²) < 4.78 is 0. The van der Waals surface area contributed by atoms with Crippen molar-refractivity contribution < 1.29 is 4.79 Å². The van der Waals surface area contributed by atoms with Crippen LogP contribution < -0.4 is 5.73 Å². The largest absolute Gasteiger partial charge is 0.335 e. The highest BCUT2D eigenvalue weighted by Crippen LogP contribution is 2.32. The Morgan fingerprint density at radius 1 is 1.48 bits per heavy atom. The Morgan fingerprint density at radius 3 is 2.67 bits per heavy atom. The van der Waals surface area contributed by atoms with E-state index in [4.69, 9.17) is 5.73 Å². The molecule has 1 unspecified atom stereocenters. The molecule has 1 aliphatic rings. The highest BCUT2D eigenvalue weighted by molar-refractivity contribution is 5.79. The van der Waals surface area contributed by atoms with Gasteiger partial charge >= 0.3 is 0 Å². The van der Waals surface area contributed by atoms with Crippen LogP contribution in [0.5, 0.6) is 0 Å². The van der Waals surface area contributed by atoms with Crippen molar-refractivity contribution in [1.82, 2.24) is 9.88 Å². The van der Waals surface area contributed by atoms with Gasteiger partial charge in [-0.05, 0) is 36.3 Å². The minimum atomic E-state index is -0.0812. The molecule has 1 aromatic heterocycles. The van der Waals surface area contributed by atoms with Crippen molar-refractivity contribution in [2.75, 3.05) is 6.54 Å². The van der Waals surface area contributed by atoms with Gasteiger partial charge < -0.3 is 10.6 Å². The van der Waals surface area contributed by atoms with Gasteiger partial charge in [-0.3, -0.25) is 9.78 Å². The zero-order chi connectivity index (χ0) is 15.5. The van der Waals surface area contributed by atoms with Crippen molar-refractivity contribution in [2.24, 2.45) is 17.1 Å². The van der Waals surface area contributed by atoms with E-state index in [1.165, 1.54) is 0 Å². The van der Waals surface area contributed by atoms with Crippen LogP contribution >= 0.6 is 0 Å². The van der Waals surface area contributed by atoms with Crippen LogP contribution in [0.25, 0.3) is 0 Å². The maximum atomic E-state index is 12.9. The average molecular weight is 289 g/mol. The fraction of sp³-hybridized carbons (Fsp3) is 0.647. The van der Waals surface area contributed by atoms with Crippen LogP contribution in [-0.2, 0) is 11.3 Å². The predicted octanol–water partition coefficient (Wildman–Crippen LogP) is 2.58. The molecule has 0 spiro atoms. The van der Waals surface area contributed by atoms with Crippen LogP contribution in [-0.4, -0.2) is 28.4 Å². The van der Waals surface area contributed by atoms with Crippen LogP contribution in [0.4, 0.5) is 0 Å². The quantitative estimate of drug-likeness (QED) is 0.875. The number of nitrogens with zero attached hydrogens (tertiary/aromatic N) is 2. The third-order valence-corrected chi connectivity index (χ3v) is 3.84. The minimum Gasteiger partial charge on any atom is -0.335 e.